The minimum Gasteiger partial charge on any atom is -0.310 e. The first-order valence-corrected chi connectivity index (χ1v) is 7.85. The molecule has 1 aromatic carbocycles. The molecule has 0 bridgehead atoms. The third-order valence-electron chi connectivity index (χ3n) is 3.25. The van der Waals surface area contributed by atoms with Crippen molar-refractivity contribution in [2.75, 3.05) is 26.7 Å². The van der Waals surface area contributed by atoms with E-state index in [2.05, 4.69) is 12.2 Å². The molecule has 0 amide bonds. The Morgan fingerprint density at radius 3 is 2.62 bits per heavy atom. The molecule has 0 fully saturated rings. The number of benzene rings is 1. The summed E-state index contributed by atoms with van der Waals surface area (Å²) in [5.74, 6) is 0. The highest BCUT2D eigenvalue weighted by molar-refractivity contribution is 6.42. The zero-order valence-electron chi connectivity index (χ0n) is 12.4. The van der Waals surface area contributed by atoms with Crippen LogP contribution in [0.15, 0.2) is 18.2 Å². The van der Waals surface area contributed by atoms with Gasteiger partial charge in [-0.25, -0.2) is 8.78 Å². The summed E-state index contributed by atoms with van der Waals surface area (Å²) in [5, 5.41) is 4.45. The van der Waals surface area contributed by atoms with Gasteiger partial charge in [0.25, 0.3) is 6.43 Å². The quantitative estimate of drug-likeness (QED) is 0.706. The molecule has 1 aromatic rings. The third kappa shape index (κ3) is 6.47. The molecule has 0 saturated heterocycles. The molecule has 2 nitrogen and oxygen atoms in total. The van der Waals surface area contributed by atoms with Crippen LogP contribution in [-0.2, 0) is 0 Å². The molecule has 1 N–H and O–H groups in total. The van der Waals surface area contributed by atoms with Crippen LogP contribution >= 0.6 is 23.2 Å². The average Bonchev–Trinajstić information content (AvgIpc) is 2.42. The fourth-order valence-electron chi connectivity index (χ4n) is 2.15. The zero-order valence-corrected chi connectivity index (χ0v) is 13.9. The Morgan fingerprint density at radius 1 is 1.29 bits per heavy atom. The minimum absolute atomic E-state index is 0.0104. The van der Waals surface area contributed by atoms with E-state index in [0.29, 0.717) is 23.0 Å². The maximum Gasteiger partial charge on any atom is 0.251 e. The first-order valence-electron chi connectivity index (χ1n) is 7.09. The van der Waals surface area contributed by atoms with E-state index in [1.54, 1.807) is 18.0 Å². The van der Waals surface area contributed by atoms with Gasteiger partial charge in [-0.05, 0) is 44.6 Å². The number of alkyl halides is 2. The molecule has 0 aromatic heterocycles. The molecule has 0 aliphatic rings. The van der Waals surface area contributed by atoms with E-state index in [-0.39, 0.29) is 12.6 Å². The predicted molar refractivity (Wildman–Crippen MR) is 85.6 cm³/mol. The normalized spacial score (nSPS) is 13.1. The zero-order chi connectivity index (χ0) is 15.8. The molecule has 6 heteroatoms. The molecule has 1 rings (SSSR count). The molecule has 0 spiro atoms. The van der Waals surface area contributed by atoms with E-state index in [1.807, 2.05) is 12.1 Å². The van der Waals surface area contributed by atoms with Crippen molar-refractivity contribution in [3.63, 3.8) is 0 Å². The van der Waals surface area contributed by atoms with Crippen molar-refractivity contribution in [3.05, 3.63) is 33.8 Å². The lowest BCUT2D eigenvalue weighted by Crippen LogP contribution is -2.30. The molecule has 0 aliphatic carbocycles. The SMILES string of the molecule is CCCNC(CCN(C)CC(F)F)c1cccc(Cl)c1Cl. The number of halogens is 4. The smallest absolute Gasteiger partial charge is 0.251 e. The second kappa shape index (κ2) is 9.57. The number of hydrogen-bond donors (Lipinski definition) is 1. The Morgan fingerprint density at radius 2 is 2.00 bits per heavy atom. The summed E-state index contributed by atoms with van der Waals surface area (Å²) in [6.07, 6.45) is -0.628. The van der Waals surface area contributed by atoms with E-state index in [0.717, 1.165) is 18.5 Å². The van der Waals surface area contributed by atoms with Crippen molar-refractivity contribution < 1.29 is 8.78 Å². The first kappa shape index (κ1) is 18.6. The summed E-state index contributed by atoms with van der Waals surface area (Å²) in [5.41, 5.74) is 0.920. The van der Waals surface area contributed by atoms with Crippen LogP contribution in [0, 0.1) is 0 Å². The lowest BCUT2D eigenvalue weighted by atomic mass is 10.0. The topological polar surface area (TPSA) is 15.3 Å². The van der Waals surface area contributed by atoms with Gasteiger partial charge in [0.15, 0.2) is 0 Å². The van der Waals surface area contributed by atoms with Gasteiger partial charge < -0.3 is 10.2 Å². The van der Waals surface area contributed by atoms with Crippen LogP contribution in [0.1, 0.15) is 31.4 Å². The second-order valence-corrected chi connectivity index (χ2v) is 5.88. The van der Waals surface area contributed by atoms with Gasteiger partial charge in [0.1, 0.15) is 0 Å². The summed E-state index contributed by atoms with van der Waals surface area (Å²) in [4.78, 5) is 1.63. The molecule has 0 radical (unpaired) electrons. The minimum atomic E-state index is -2.31. The maximum absolute atomic E-state index is 12.4. The number of nitrogens with zero attached hydrogens (tertiary/aromatic N) is 1. The maximum atomic E-state index is 12.4. The largest absolute Gasteiger partial charge is 0.310 e. The van der Waals surface area contributed by atoms with E-state index in [9.17, 15) is 8.78 Å². The van der Waals surface area contributed by atoms with Crippen LogP contribution in [0.4, 0.5) is 8.78 Å². The number of nitrogens with one attached hydrogen (secondary N) is 1. The van der Waals surface area contributed by atoms with Crippen LogP contribution in [0.2, 0.25) is 10.0 Å². The van der Waals surface area contributed by atoms with E-state index < -0.39 is 6.43 Å². The summed E-state index contributed by atoms with van der Waals surface area (Å²) in [6, 6.07) is 5.53. The van der Waals surface area contributed by atoms with Crippen LogP contribution in [0.3, 0.4) is 0 Å². The molecule has 0 aliphatic heterocycles. The highest BCUT2D eigenvalue weighted by Gasteiger charge is 2.17. The highest BCUT2D eigenvalue weighted by atomic mass is 35.5. The Hall–Kier alpha value is -0.420. The second-order valence-electron chi connectivity index (χ2n) is 5.09. The Labute approximate surface area is 135 Å². The van der Waals surface area contributed by atoms with Gasteiger partial charge in [-0.2, -0.15) is 0 Å². The predicted octanol–water partition coefficient (Wildman–Crippen LogP) is 4.62. The molecule has 1 unspecified atom stereocenters. The van der Waals surface area contributed by atoms with Crippen LogP contribution in [0.5, 0.6) is 0 Å². The molecule has 0 saturated carbocycles. The van der Waals surface area contributed by atoms with Crippen LogP contribution in [-0.4, -0.2) is 38.0 Å². The van der Waals surface area contributed by atoms with E-state index in [1.165, 1.54) is 0 Å². The van der Waals surface area contributed by atoms with Crippen molar-refractivity contribution in [2.45, 2.75) is 32.2 Å². The molecule has 0 heterocycles. The fraction of sp³-hybridized carbons (Fsp3) is 0.600. The lowest BCUT2D eigenvalue weighted by Gasteiger charge is -2.24. The van der Waals surface area contributed by atoms with Crippen molar-refractivity contribution in [2.24, 2.45) is 0 Å². The lowest BCUT2D eigenvalue weighted by molar-refractivity contribution is 0.0984. The third-order valence-corrected chi connectivity index (χ3v) is 4.08. The van der Waals surface area contributed by atoms with Gasteiger partial charge in [-0.15, -0.1) is 0 Å². The van der Waals surface area contributed by atoms with Gasteiger partial charge in [-0.3, -0.25) is 0 Å². The fourth-order valence-corrected chi connectivity index (χ4v) is 2.59. The summed E-state index contributed by atoms with van der Waals surface area (Å²) < 4.78 is 24.7. The average molecular weight is 339 g/mol. The molecular weight excluding hydrogens is 317 g/mol. The number of rotatable bonds is 9. The van der Waals surface area contributed by atoms with E-state index >= 15 is 0 Å². The van der Waals surface area contributed by atoms with Crippen molar-refractivity contribution in [1.82, 2.24) is 10.2 Å². The highest BCUT2D eigenvalue weighted by Crippen LogP contribution is 2.31. The Kier molecular flexibility index (Phi) is 8.49. The van der Waals surface area contributed by atoms with Crippen LogP contribution in [0.25, 0.3) is 0 Å². The first-order chi connectivity index (χ1) is 9.95. The number of hydrogen-bond acceptors (Lipinski definition) is 2. The monoisotopic (exact) mass is 338 g/mol. The van der Waals surface area contributed by atoms with Crippen molar-refractivity contribution in [1.29, 1.82) is 0 Å². The summed E-state index contributed by atoms with van der Waals surface area (Å²) in [6.45, 7) is 3.26. The van der Waals surface area contributed by atoms with Gasteiger partial charge in [0.05, 0.1) is 16.6 Å². The Bertz CT molecular complexity index is 430. The molecular formula is C15H22Cl2F2N2. The van der Waals surface area contributed by atoms with Gasteiger partial charge in [-0.1, -0.05) is 42.3 Å². The van der Waals surface area contributed by atoms with Crippen LogP contribution < -0.4 is 5.32 Å². The van der Waals surface area contributed by atoms with Crippen molar-refractivity contribution >= 4 is 23.2 Å². The molecule has 120 valence electrons. The van der Waals surface area contributed by atoms with Gasteiger partial charge in [0.2, 0.25) is 0 Å². The molecule has 1 atom stereocenters. The van der Waals surface area contributed by atoms with Gasteiger partial charge in [0, 0.05) is 6.04 Å². The summed E-state index contributed by atoms with van der Waals surface area (Å²) in [7, 11) is 1.70. The van der Waals surface area contributed by atoms with Crippen molar-refractivity contribution in [3.8, 4) is 0 Å². The summed E-state index contributed by atoms with van der Waals surface area (Å²) >= 11 is 12.3. The Balaban J connectivity index is 2.73. The van der Waals surface area contributed by atoms with Gasteiger partial charge >= 0.3 is 0 Å². The standard InChI is InChI=1S/C15H22Cl2F2N2/c1-3-8-20-13(7-9-21(2)10-14(18)19)11-5-4-6-12(16)15(11)17/h4-6,13-14,20H,3,7-10H2,1-2H3. The molecule has 21 heavy (non-hydrogen) atoms. The van der Waals surface area contributed by atoms with E-state index in [4.69, 9.17) is 23.2 Å².